The lowest BCUT2D eigenvalue weighted by Crippen LogP contribution is -2.35. The van der Waals surface area contributed by atoms with E-state index in [0.717, 1.165) is 4.31 Å². The number of rotatable bonds is 1. The van der Waals surface area contributed by atoms with Crippen molar-refractivity contribution >= 4 is 29.1 Å². The van der Waals surface area contributed by atoms with Gasteiger partial charge in [-0.15, -0.1) is 0 Å². The third kappa shape index (κ3) is 5.25. The molecule has 7 nitrogen and oxygen atoms in total. The third-order valence-corrected chi connectivity index (χ3v) is 3.17. The number of aromatic nitrogens is 1. The maximum Gasteiger partial charge on any atom is 0.389 e. The minimum atomic E-state index is -0.640. The molecule has 0 saturated carbocycles. The molecule has 0 aromatic carbocycles. The SMILES string of the molecule is CNC(=O)N(SC(=O)OC(C)(C)C)c1cc(C(C)(C)C)on1. The Morgan fingerprint density at radius 2 is 1.86 bits per heavy atom. The fourth-order valence-corrected chi connectivity index (χ4v) is 2.14. The zero-order chi connectivity index (χ0) is 17.1. The molecule has 1 heterocycles. The summed E-state index contributed by atoms with van der Waals surface area (Å²) in [6, 6.07) is 1.14. The van der Waals surface area contributed by atoms with Crippen LogP contribution in [0.4, 0.5) is 15.4 Å². The molecule has 0 aliphatic rings. The fourth-order valence-electron chi connectivity index (χ4n) is 1.35. The third-order valence-electron chi connectivity index (χ3n) is 2.40. The Morgan fingerprint density at radius 1 is 1.27 bits per heavy atom. The molecule has 0 saturated heterocycles. The lowest BCUT2D eigenvalue weighted by atomic mass is 9.93. The van der Waals surface area contributed by atoms with Gasteiger partial charge in [0.05, 0.1) is 11.9 Å². The van der Waals surface area contributed by atoms with E-state index >= 15 is 0 Å². The van der Waals surface area contributed by atoms with Crippen LogP contribution in [-0.2, 0) is 10.2 Å². The van der Waals surface area contributed by atoms with Crippen LogP contribution in [0.5, 0.6) is 0 Å². The highest BCUT2D eigenvalue weighted by Gasteiger charge is 2.28. The molecule has 0 radical (unpaired) electrons. The Bertz CT molecular complexity index is 543. The van der Waals surface area contributed by atoms with E-state index in [2.05, 4.69) is 10.5 Å². The van der Waals surface area contributed by atoms with E-state index in [0.29, 0.717) is 17.7 Å². The Kier molecular flexibility index (Phi) is 5.50. The molecule has 0 spiro atoms. The molecule has 1 N–H and O–H groups in total. The van der Waals surface area contributed by atoms with E-state index < -0.39 is 16.9 Å². The molecule has 8 heteroatoms. The van der Waals surface area contributed by atoms with Crippen molar-refractivity contribution in [3.8, 4) is 0 Å². The standard InChI is InChI=1S/C14H23N3O4S/c1-13(2,3)9-8-10(16-21-9)17(11(18)15-7)22-12(19)20-14(4,5)6/h8H,1-7H3,(H,15,18). The molecule has 124 valence electrons. The Morgan fingerprint density at radius 3 is 2.27 bits per heavy atom. The number of anilines is 1. The summed E-state index contributed by atoms with van der Waals surface area (Å²) in [4.78, 5) is 23.9. The normalized spacial score (nSPS) is 12.0. The topological polar surface area (TPSA) is 84.7 Å². The Hall–Kier alpha value is -1.70. The Labute approximate surface area is 134 Å². The molecule has 2 amide bonds. The van der Waals surface area contributed by atoms with Gasteiger partial charge in [0, 0.05) is 18.5 Å². The van der Waals surface area contributed by atoms with Crippen LogP contribution in [0.2, 0.25) is 0 Å². The smallest absolute Gasteiger partial charge is 0.389 e. The van der Waals surface area contributed by atoms with Crippen LogP contribution >= 0.6 is 11.9 Å². The van der Waals surface area contributed by atoms with Gasteiger partial charge in [-0.3, -0.25) is 0 Å². The molecule has 0 bridgehead atoms. The first-order valence-corrected chi connectivity index (χ1v) is 7.61. The number of hydrogen-bond donors (Lipinski definition) is 1. The second-order valence-electron chi connectivity index (χ2n) is 6.70. The van der Waals surface area contributed by atoms with Crippen LogP contribution in [0.1, 0.15) is 47.3 Å². The molecule has 0 aliphatic heterocycles. The predicted octanol–water partition coefficient (Wildman–Crippen LogP) is 3.70. The highest BCUT2D eigenvalue weighted by Crippen LogP contribution is 2.30. The van der Waals surface area contributed by atoms with Crippen LogP contribution in [0.3, 0.4) is 0 Å². The predicted molar refractivity (Wildman–Crippen MR) is 86.0 cm³/mol. The largest absolute Gasteiger partial charge is 0.451 e. The summed E-state index contributed by atoms with van der Waals surface area (Å²) in [7, 11) is 1.47. The molecular weight excluding hydrogens is 306 g/mol. The van der Waals surface area contributed by atoms with Crippen molar-refractivity contribution < 1.29 is 18.8 Å². The average Bonchev–Trinajstić information content (AvgIpc) is 2.81. The van der Waals surface area contributed by atoms with Gasteiger partial charge in [0.1, 0.15) is 11.4 Å². The quantitative estimate of drug-likeness (QED) is 0.624. The number of amides is 2. The molecule has 1 aromatic rings. The van der Waals surface area contributed by atoms with Gasteiger partial charge in [-0.1, -0.05) is 25.9 Å². The summed E-state index contributed by atoms with van der Waals surface area (Å²) >= 11 is 0.619. The maximum atomic E-state index is 12.0. The zero-order valence-corrected chi connectivity index (χ0v) is 14.8. The van der Waals surface area contributed by atoms with Crippen molar-refractivity contribution in [3.05, 3.63) is 11.8 Å². The lowest BCUT2D eigenvalue weighted by Gasteiger charge is -2.22. The van der Waals surface area contributed by atoms with Gasteiger partial charge in [0.25, 0.3) is 0 Å². The highest BCUT2D eigenvalue weighted by molar-refractivity contribution is 8.15. The monoisotopic (exact) mass is 329 g/mol. The minimum Gasteiger partial charge on any atom is -0.451 e. The van der Waals surface area contributed by atoms with Crippen molar-refractivity contribution in [1.82, 2.24) is 10.5 Å². The summed E-state index contributed by atoms with van der Waals surface area (Å²) in [6.45, 7) is 11.1. The highest BCUT2D eigenvalue weighted by atomic mass is 32.2. The van der Waals surface area contributed by atoms with Crippen molar-refractivity contribution in [2.45, 2.75) is 52.6 Å². The lowest BCUT2D eigenvalue weighted by molar-refractivity contribution is 0.0737. The number of urea groups is 1. The van der Waals surface area contributed by atoms with Gasteiger partial charge in [0.15, 0.2) is 5.82 Å². The average molecular weight is 329 g/mol. The van der Waals surface area contributed by atoms with Crippen molar-refractivity contribution in [2.75, 3.05) is 11.4 Å². The van der Waals surface area contributed by atoms with Crippen LogP contribution < -0.4 is 9.62 Å². The summed E-state index contributed by atoms with van der Waals surface area (Å²) < 4.78 is 11.6. The zero-order valence-electron chi connectivity index (χ0n) is 14.0. The van der Waals surface area contributed by atoms with Gasteiger partial charge in [-0.2, -0.15) is 0 Å². The molecule has 0 fully saturated rings. The van der Waals surface area contributed by atoms with Crippen molar-refractivity contribution in [1.29, 1.82) is 0 Å². The number of ether oxygens (including phenoxy) is 1. The number of hydrogen-bond acceptors (Lipinski definition) is 6. The molecule has 0 unspecified atom stereocenters. The first kappa shape index (κ1) is 18.3. The van der Waals surface area contributed by atoms with E-state index in [4.69, 9.17) is 9.26 Å². The van der Waals surface area contributed by atoms with E-state index in [1.165, 1.54) is 7.05 Å². The summed E-state index contributed by atoms with van der Waals surface area (Å²) in [5, 5.41) is 5.72. The molecular formula is C14H23N3O4S. The van der Waals surface area contributed by atoms with E-state index in [1.807, 2.05) is 20.8 Å². The summed E-state index contributed by atoms with van der Waals surface area (Å²) in [5.74, 6) is 0.848. The van der Waals surface area contributed by atoms with Gasteiger partial charge in [-0.25, -0.2) is 13.9 Å². The minimum absolute atomic E-state index is 0.236. The number of carbonyl (C=O) groups excluding carboxylic acids is 2. The molecule has 0 aliphatic carbocycles. The van der Waals surface area contributed by atoms with Crippen molar-refractivity contribution in [2.24, 2.45) is 0 Å². The van der Waals surface area contributed by atoms with Gasteiger partial charge >= 0.3 is 11.3 Å². The number of carbonyl (C=O) groups is 2. The van der Waals surface area contributed by atoms with Crippen LogP contribution in [0.25, 0.3) is 0 Å². The maximum absolute atomic E-state index is 12.0. The first-order chi connectivity index (χ1) is 9.94. The van der Waals surface area contributed by atoms with Crippen LogP contribution in [0.15, 0.2) is 10.6 Å². The van der Waals surface area contributed by atoms with Gasteiger partial charge in [0.2, 0.25) is 0 Å². The molecule has 22 heavy (non-hydrogen) atoms. The second-order valence-corrected chi connectivity index (χ2v) is 7.59. The van der Waals surface area contributed by atoms with Gasteiger partial charge < -0.3 is 14.6 Å². The van der Waals surface area contributed by atoms with E-state index in [-0.39, 0.29) is 11.2 Å². The summed E-state index contributed by atoms with van der Waals surface area (Å²) in [6.07, 6.45) is 0. The second kappa shape index (κ2) is 6.60. The fraction of sp³-hybridized carbons (Fsp3) is 0.643. The van der Waals surface area contributed by atoms with Crippen molar-refractivity contribution in [3.63, 3.8) is 0 Å². The van der Waals surface area contributed by atoms with Gasteiger partial charge in [-0.05, 0) is 20.8 Å². The van der Waals surface area contributed by atoms with E-state index in [1.54, 1.807) is 26.8 Å². The summed E-state index contributed by atoms with van der Waals surface area (Å²) in [5.41, 5.74) is -0.894. The number of nitrogens with zero attached hydrogens (tertiary/aromatic N) is 2. The van der Waals surface area contributed by atoms with E-state index in [9.17, 15) is 9.59 Å². The van der Waals surface area contributed by atoms with Crippen LogP contribution in [-0.4, -0.2) is 29.1 Å². The Balaban J connectivity index is 2.97. The molecule has 1 aromatic heterocycles. The number of nitrogens with one attached hydrogen (secondary N) is 1. The van der Waals surface area contributed by atoms with Crippen LogP contribution in [0, 0.1) is 0 Å². The first-order valence-electron chi connectivity index (χ1n) is 6.84. The molecule has 0 atom stereocenters. The molecule has 1 rings (SSSR count).